The topological polar surface area (TPSA) is 78.4 Å². The molecule has 5 heteroatoms. The molecule has 0 spiro atoms. The molecule has 0 bridgehead atoms. The SMILES string of the molecule is C#CC(NC(=O)NCCC(=O)O)C(C)C. The molecule has 0 aliphatic rings. The molecule has 0 rings (SSSR count). The summed E-state index contributed by atoms with van der Waals surface area (Å²) in [6.45, 7) is 3.88. The third-order valence-corrected chi connectivity index (χ3v) is 1.76. The van der Waals surface area contributed by atoms with Gasteiger partial charge in [0.2, 0.25) is 0 Å². The summed E-state index contributed by atoms with van der Waals surface area (Å²) in [6.07, 6.45) is 5.11. The van der Waals surface area contributed by atoms with Gasteiger partial charge in [-0.2, -0.15) is 0 Å². The molecule has 0 saturated heterocycles. The van der Waals surface area contributed by atoms with Crippen molar-refractivity contribution in [1.29, 1.82) is 0 Å². The van der Waals surface area contributed by atoms with Crippen LogP contribution < -0.4 is 10.6 Å². The first kappa shape index (κ1) is 13.3. The second kappa shape index (κ2) is 6.71. The number of urea groups is 1. The highest BCUT2D eigenvalue weighted by molar-refractivity contribution is 5.75. The number of carboxylic acid groups (broad SMARTS) is 1. The predicted molar refractivity (Wildman–Crippen MR) is 56.2 cm³/mol. The first-order valence-electron chi connectivity index (χ1n) is 4.69. The van der Waals surface area contributed by atoms with E-state index in [1.807, 2.05) is 13.8 Å². The highest BCUT2D eigenvalue weighted by atomic mass is 16.4. The van der Waals surface area contributed by atoms with E-state index < -0.39 is 12.0 Å². The molecule has 0 aromatic rings. The quantitative estimate of drug-likeness (QED) is 0.578. The number of rotatable bonds is 5. The third kappa shape index (κ3) is 6.38. The molecule has 0 fully saturated rings. The first-order chi connectivity index (χ1) is 6.97. The Hall–Kier alpha value is -1.70. The van der Waals surface area contributed by atoms with Gasteiger partial charge in [0.25, 0.3) is 0 Å². The van der Waals surface area contributed by atoms with Crippen molar-refractivity contribution in [3.05, 3.63) is 0 Å². The molecule has 0 aromatic carbocycles. The largest absolute Gasteiger partial charge is 0.481 e. The fraction of sp³-hybridized carbons (Fsp3) is 0.600. The van der Waals surface area contributed by atoms with E-state index in [-0.39, 0.29) is 24.9 Å². The zero-order valence-electron chi connectivity index (χ0n) is 8.91. The second-order valence-corrected chi connectivity index (χ2v) is 3.43. The van der Waals surface area contributed by atoms with Crippen molar-refractivity contribution in [2.75, 3.05) is 6.54 Å². The zero-order chi connectivity index (χ0) is 11.8. The van der Waals surface area contributed by atoms with E-state index in [1.54, 1.807) is 0 Å². The summed E-state index contributed by atoms with van der Waals surface area (Å²) >= 11 is 0. The van der Waals surface area contributed by atoms with Gasteiger partial charge in [0.05, 0.1) is 12.5 Å². The Kier molecular flexibility index (Phi) is 5.95. The van der Waals surface area contributed by atoms with Crippen LogP contribution in [0.2, 0.25) is 0 Å². The van der Waals surface area contributed by atoms with E-state index in [1.165, 1.54) is 0 Å². The average molecular weight is 212 g/mol. The molecule has 3 N–H and O–H groups in total. The van der Waals surface area contributed by atoms with Crippen molar-refractivity contribution in [3.8, 4) is 12.3 Å². The maximum absolute atomic E-state index is 11.2. The Morgan fingerprint density at radius 3 is 2.47 bits per heavy atom. The molecule has 0 radical (unpaired) electrons. The number of carbonyl (C=O) groups excluding carboxylic acids is 1. The van der Waals surface area contributed by atoms with Crippen LogP contribution in [-0.4, -0.2) is 29.7 Å². The minimum atomic E-state index is -0.951. The number of hydrogen-bond acceptors (Lipinski definition) is 2. The van der Waals surface area contributed by atoms with Crippen LogP contribution in [0, 0.1) is 18.3 Å². The lowest BCUT2D eigenvalue weighted by atomic mass is 10.1. The molecule has 0 aromatic heterocycles. The smallest absolute Gasteiger partial charge is 0.315 e. The highest BCUT2D eigenvalue weighted by Gasteiger charge is 2.12. The molecule has 15 heavy (non-hydrogen) atoms. The molecule has 0 saturated carbocycles. The van der Waals surface area contributed by atoms with Gasteiger partial charge in [-0.3, -0.25) is 4.79 Å². The van der Waals surface area contributed by atoms with Crippen LogP contribution in [0.25, 0.3) is 0 Å². The van der Waals surface area contributed by atoms with E-state index in [2.05, 4.69) is 16.6 Å². The monoisotopic (exact) mass is 212 g/mol. The van der Waals surface area contributed by atoms with Crippen molar-refractivity contribution in [1.82, 2.24) is 10.6 Å². The normalized spacial score (nSPS) is 11.6. The Morgan fingerprint density at radius 2 is 2.07 bits per heavy atom. The zero-order valence-corrected chi connectivity index (χ0v) is 8.91. The third-order valence-electron chi connectivity index (χ3n) is 1.76. The molecular formula is C10H16N2O3. The summed E-state index contributed by atoms with van der Waals surface area (Å²) in [6, 6.07) is -0.775. The summed E-state index contributed by atoms with van der Waals surface area (Å²) in [4.78, 5) is 21.4. The fourth-order valence-electron chi connectivity index (χ4n) is 0.876. The van der Waals surface area contributed by atoms with Crippen LogP contribution in [0.3, 0.4) is 0 Å². The van der Waals surface area contributed by atoms with E-state index >= 15 is 0 Å². The van der Waals surface area contributed by atoms with Crippen LogP contribution in [0.5, 0.6) is 0 Å². The van der Waals surface area contributed by atoms with Crippen molar-refractivity contribution in [3.63, 3.8) is 0 Å². The van der Waals surface area contributed by atoms with Crippen LogP contribution in [0.15, 0.2) is 0 Å². The highest BCUT2D eigenvalue weighted by Crippen LogP contribution is 1.98. The van der Waals surface area contributed by atoms with Gasteiger partial charge < -0.3 is 15.7 Å². The lowest BCUT2D eigenvalue weighted by Gasteiger charge is -2.16. The van der Waals surface area contributed by atoms with E-state index in [0.717, 1.165) is 0 Å². The Morgan fingerprint density at radius 1 is 1.47 bits per heavy atom. The van der Waals surface area contributed by atoms with Crippen molar-refractivity contribution < 1.29 is 14.7 Å². The number of aliphatic carboxylic acids is 1. The van der Waals surface area contributed by atoms with Gasteiger partial charge >= 0.3 is 12.0 Å². The van der Waals surface area contributed by atoms with Crippen molar-refractivity contribution >= 4 is 12.0 Å². The van der Waals surface area contributed by atoms with Gasteiger partial charge in [0.15, 0.2) is 0 Å². The maximum atomic E-state index is 11.2. The van der Waals surface area contributed by atoms with Gasteiger partial charge in [-0.05, 0) is 5.92 Å². The van der Waals surface area contributed by atoms with Gasteiger partial charge in [-0.15, -0.1) is 6.42 Å². The van der Waals surface area contributed by atoms with E-state index in [0.29, 0.717) is 0 Å². The van der Waals surface area contributed by atoms with Gasteiger partial charge in [-0.1, -0.05) is 19.8 Å². The summed E-state index contributed by atoms with van der Waals surface area (Å²) in [7, 11) is 0. The van der Waals surface area contributed by atoms with Crippen molar-refractivity contribution in [2.24, 2.45) is 5.92 Å². The van der Waals surface area contributed by atoms with Crippen LogP contribution in [-0.2, 0) is 4.79 Å². The number of amides is 2. The summed E-state index contributed by atoms with van der Waals surface area (Å²) < 4.78 is 0. The molecular weight excluding hydrogens is 196 g/mol. The Labute approximate surface area is 89.2 Å². The molecule has 0 aliphatic heterocycles. The average Bonchev–Trinajstić information content (AvgIpc) is 2.13. The number of terminal acetylenes is 1. The Balaban J connectivity index is 3.83. The van der Waals surface area contributed by atoms with E-state index in [4.69, 9.17) is 11.5 Å². The molecule has 2 amide bonds. The summed E-state index contributed by atoms with van der Waals surface area (Å²) in [5, 5.41) is 13.3. The molecule has 0 aliphatic carbocycles. The van der Waals surface area contributed by atoms with E-state index in [9.17, 15) is 9.59 Å². The lowest BCUT2D eigenvalue weighted by molar-refractivity contribution is -0.136. The molecule has 84 valence electrons. The Bertz CT molecular complexity index is 268. The second-order valence-electron chi connectivity index (χ2n) is 3.43. The number of carbonyl (C=O) groups is 2. The number of carboxylic acids is 1. The molecule has 5 nitrogen and oxygen atoms in total. The fourth-order valence-corrected chi connectivity index (χ4v) is 0.876. The molecule has 0 heterocycles. The predicted octanol–water partition coefficient (Wildman–Crippen LogP) is 0.418. The molecule has 1 atom stereocenters. The van der Waals surface area contributed by atoms with Crippen LogP contribution >= 0.6 is 0 Å². The van der Waals surface area contributed by atoms with Crippen molar-refractivity contribution in [2.45, 2.75) is 26.3 Å². The maximum Gasteiger partial charge on any atom is 0.315 e. The minimum Gasteiger partial charge on any atom is -0.481 e. The summed E-state index contributed by atoms with van der Waals surface area (Å²) in [5.41, 5.74) is 0. The number of hydrogen-bond donors (Lipinski definition) is 3. The first-order valence-corrected chi connectivity index (χ1v) is 4.69. The van der Waals surface area contributed by atoms with Gasteiger partial charge in [-0.25, -0.2) is 4.79 Å². The lowest BCUT2D eigenvalue weighted by Crippen LogP contribution is -2.44. The van der Waals surface area contributed by atoms with Crippen LogP contribution in [0.4, 0.5) is 4.79 Å². The van der Waals surface area contributed by atoms with Gasteiger partial charge in [0.1, 0.15) is 0 Å². The van der Waals surface area contributed by atoms with Gasteiger partial charge in [0, 0.05) is 6.54 Å². The number of nitrogens with one attached hydrogen (secondary N) is 2. The molecule has 1 unspecified atom stereocenters. The summed E-state index contributed by atoms with van der Waals surface area (Å²) in [5.74, 6) is 1.63. The minimum absolute atomic E-state index is 0.0938. The van der Waals surface area contributed by atoms with Crippen LogP contribution in [0.1, 0.15) is 20.3 Å². The standard InChI is InChI=1S/C10H16N2O3/c1-4-8(7(2)3)12-10(15)11-6-5-9(13)14/h1,7-8H,5-6H2,2-3H3,(H,13,14)(H2,11,12,15).